The van der Waals surface area contributed by atoms with Crippen LogP contribution < -0.4 is 4.90 Å². The molecule has 5 rings (SSSR count). The summed E-state index contributed by atoms with van der Waals surface area (Å²) in [5.41, 5.74) is 3.83. The van der Waals surface area contributed by atoms with Gasteiger partial charge in [-0.2, -0.15) is 0 Å². The zero-order chi connectivity index (χ0) is 30.4. The normalized spacial score (nSPS) is 24.1. The van der Waals surface area contributed by atoms with E-state index >= 15 is 4.11 Å². The Bertz CT molecular complexity index is 1310. The first-order chi connectivity index (χ1) is 20.7. The molecular formula is C34H47FN4O3Si. The van der Waals surface area contributed by atoms with Gasteiger partial charge in [0, 0.05) is 36.9 Å². The minimum absolute atomic E-state index is 0.00343. The molecule has 2 aliphatic heterocycles. The number of aliphatic hydroxyl groups excluding tert-OH is 1. The van der Waals surface area contributed by atoms with Crippen LogP contribution in [0.25, 0.3) is 0 Å². The maximum atomic E-state index is 15.7. The molecule has 0 radical (unpaired) electrons. The molecule has 1 N–H and O–H groups in total. The van der Waals surface area contributed by atoms with Crippen LogP contribution in [0.4, 0.5) is 9.80 Å². The first-order valence-electron chi connectivity index (χ1n) is 16.0. The number of nitrogens with zero attached hydrogens (tertiary/aromatic N) is 4. The van der Waals surface area contributed by atoms with Gasteiger partial charge in [-0.15, -0.1) is 5.10 Å². The predicted molar refractivity (Wildman–Crippen MR) is 170 cm³/mol. The Kier molecular flexibility index (Phi) is 10.5. The smallest absolute Gasteiger partial charge is 0.246 e. The molecule has 3 aromatic rings. The average Bonchev–Trinajstić information content (AvgIpc) is 3.58. The number of halogens is 1. The highest BCUT2D eigenvalue weighted by Crippen LogP contribution is 2.47. The van der Waals surface area contributed by atoms with Crippen molar-refractivity contribution in [3.63, 3.8) is 0 Å². The molecule has 1 aromatic heterocycles. The molecule has 0 bridgehead atoms. The molecular weight excluding hydrogens is 559 g/mol. The third kappa shape index (κ3) is 7.80. The summed E-state index contributed by atoms with van der Waals surface area (Å²) in [5.74, 6) is 0.135. The summed E-state index contributed by atoms with van der Waals surface area (Å²) in [4.78, 5) is 14.6. The monoisotopic (exact) mass is 606 g/mol. The van der Waals surface area contributed by atoms with Crippen LogP contribution in [0.5, 0.6) is 0 Å². The third-order valence-corrected chi connectivity index (χ3v) is 11.9. The molecule has 2 fully saturated rings. The van der Waals surface area contributed by atoms with Gasteiger partial charge in [-0.05, 0) is 74.4 Å². The van der Waals surface area contributed by atoms with Crippen molar-refractivity contribution in [1.82, 2.24) is 15.0 Å². The molecule has 0 spiro atoms. The van der Waals surface area contributed by atoms with Crippen molar-refractivity contribution in [2.45, 2.75) is 102 Å². The number of hydrogen-bond acceptors (Lipinski definition) is 5. The van der Waals surface area contributed by atoms with Crippen molar-refractivity contribution in [3.05, 3.63) is 77.6 Å². The number of aliphatic hydroxyl groups is 1. The minimum Gasteiger partial charge on any atom is -0.395 e. The van der Waals surface area contributed by atoms with E-state index in [1.54, 1.807) is 17.8 Å². The molecule has 2 saturated heterocycles. The van der Waals surface area contributed by atoms with E-state index in [1.165, 1.54) is 12.0 Å². The lowest BCUT2D eigenvalue weighted by molar-refractivity contribution is -0.118. The Balaban J connectivity index is 1.19. The molecule has 0 aliphatic carbocycles. The molecule has 232 valence electrons. The molecule has 1 amide bonds. The van der Waals surface area contributed by atoms with Gasteiger partial charge in [-0.1, -0.05) is 67.4 Å². The molecule has 9 heteroatoms. The number of benzene rings is 2. The fourth-order valence-corrected chi connectivity index (χ4v) is 9.72. The van der Waals surface area contributed by atoms with Gasteiger partial charge in [-0.25, -0.2) is 0 Å². The standard InChI is InChI=1S/C34H47FN4O3Si/c1-25-31(19-16-26-14-17-28(18-15-26)39-21-10-5-4-9-13-33(39)41)42-32(34(25)43(2,3)35)20-22-38-23-30(36-37-38)29(24-40)27-11-7-6-8-12-27/h6-8,11-12,14-15,17-18,23,25,29,31-32,34,40H,4-5,9-10,13,16,19-22,24H2,1-3H3/t25-,29?,31+,32-,34+/m1/s1. The second kappa shape index (κ2) is 14.3. The Morgan fingerprint density at radius 1 is 1.02 bits per heavy atom. The second-order valence-corrected chi connectivity index (χ2v) is 16.7. The van der Waals surface area contributed by atoms with Crippen LogP contribution in [-0.2, 0) is 22.5 Å². The van der Waals surface area contributed by atoms with E-state index in [9.17, 15) is 9.90 Å². The first-order valence-corrected chi connectivity index (χ1v) is 19.0. The van der Waals surface area contributed by atoms with E-state index in [1.807, 2.05) is 41.4 Å². The summed E-state index contributed by atoms with van der Waals surface area (Å²) in [6, 6.07) is 18.2. The quantitative estimate of drug-likeness (QED) is 0.195. The molecule has 1 unspecified atom stereocenters. The van der Waals surface area contributed by atoms with Gasteiger partial charge in [0.2, 0.25) is 14.3 Å². The average molecular weight is 607 g/mol. The maximum Gasteiger partial charge on any atom is 0.246 e. The number of carbonyl (C=O) groups excluding carboxylic acids is 1. The van der Waals surface area contributed by atoms with Gasteiger partial charge >= 0.3 is 0 Å². The van der Waals surface area contributed by atoms with Crippen LogP contribution in [0, 0.1) is 5.92 Å². The van der Waals surface area contributed by atoms with Crippen LogP contribution in [-0.4, -0.2) is 59.8 Å². The van der Waals surface area contributed by atoms with Crippen molar-refractivity contribution in [3.8, 4) is 0 Å². The SMILES string of the molecule is C[C@H]1[C@H]([Si](C)(C)F)[C@@H](CCn2cc(C(CO)c3ccccc3)nn2)O[C@H]1CCc1ccc(N2CCCCCCC2=O)cc1. The van der Waals surface area contributed by atoms with Gasteiger partial charge in [0.05, 0.1) is 30.4 Å². The number of aromatic nitrogens is 3. The summed E-state index contributed by atoms with van der Waals surface area (Å²) < 4.78 is 24.1. The second-order valence-electron chi connectivity index (χ2n) is 12.9. The van der Waals surface area contributed by atoms with Gasteiger partial charge in [-0.3, -0.25) is 9.48 Å². The molecule has 2 aliphatic rings. The molecule has 3 heterocycles. The van der Waals surface area contributed by atoms with Gasteiger partial charge in [0.15, 0.2) is 0 Å². The number of hydrogen-bond donors (Lipinski definition) is 1. The highest BCUT2D eigenvalue weighted by atomic mass is 28.4. The summed E-state index contributed by atoms with van der Waals surface area (Å²) in [6.07, 6.45) is 9.06. The zero-order valence-electron chi connectivity index (χ0n) is 25.9. The lowest BCUT2D eigenvalue weighted by Gasteiger charge is -2.28. The lowest BCUT2D eigenvalue weighted by Crippen LogP contribution is -2.36. The van der Waals surface area contributed by atoms with Gasteiger partial charge in [0.1, 0.15) is 0 Å². The summed E-state index contributed by atoms with van der Waals surface area (Å²) >= 11 is 0. The van der Waals surface area contributed by atoms with Crippen molar-refractivity contribution in [2.75, 3.05) is 18.1 Å². The lowest BCUT2D eigenvalue weighted by atomic mass is 9.95. The van der Waals surface area contributed by atoms with E-state index in [2.05, 4.69) is 41.5 Å². The Labute approximate surface area is 256 Å². The largest absolute Gasteiger partial charge is 0.395 e. The number of anilines is 1. The number of aryl methyl sites for hydroxylation is 2. The zero-order valence-corrected chi connectivity index (χ0v) is 26.9. The van der Waals surface area contributed by atoms with Crippen LogP contribution in [0.15, 0.2) is 60.8 Å². The Morgan fingerprint density at radius 2 is 1.77 bits per heavy atom. The van der Waals surface area contributed by atoms with Crippen LogP contribution in [0.2, 0.25) is 18.6 Å². The van der Waals surface area contributed by atoms with Crippen molar-refractivity contribution in [1.29, 1.82) is 0 Å². The highest BCUT2D eigenvalue weighted by molar-refractivity contribution is 6.72. The van der Waals surface area contributed by atoms with E-state index in [4.69, 9.17) is 4.74 Å². The van der Waals surface area contributed by atoms with Crippen LogP contribution in [0.1, 0.15) is 74.6 Å². The fourth-order valence-electron chi connectivity index (χ4n) is 7.13. The van der Waals surface area contributed by atoms with Crippen molar-refractivity contribution in [2.24, 2.45) is 5.92 Å². The minimum atomic E-state index is -2.98. The van der Waals surface area contributed by atoms with Crippen molar-refractivity contribution < 1.29 is 18.7 Å². The molecule has 5 atom stereocenters. The summed E-state index contributed by atoms with van der Waals surface area (Å²) in [5, 5.41) is 18.7. The number of amides is 1. The number of carbonyl (C=O) groups is 1. The predicted octanol–water partition coefficient (Wildman–Crippen LogP) is 6.67. The van der Waals surface area contributed by atoms with Gasteiger partial charge in [0.25, 0.3) is 0 Å². The number of ether oxygens (including phenoxy) is 1. The summed E-state index contributed by atoms with van der Waals surface area (Å²) in [6.45, 7) is 7.09. The fraction of sp³-hybridized carbons (Fsp3) is 0.559. The highest BCUT2D eigenvalue weighted by Gasteiger charge is 2.50. The van der Waals surface area contributed by atoms with Gasteiger partial charge < -0.3 is 18.9 Å². The molecule has 2 aromatic carbocycles. The van der Waals surface area contributed by atoms with E-state index in [-0.39, 0.29) is 42.1 Å². The first kappa shape index (κ1) is 31.5. The maximum absolute atomic E-state index is 15.7. The third-order valence-electron chi connectivity index (χ3n) is 9.43. The van der Waals surface area contributed by atoms with Crippen molar-refractivity contribution >= 4 is 20.0 Å². The molecule has 7 nitrogen and oxygen atoms in total. The van der Waals surface area contributed by atoms with E-state index in [0.717, 1.165) is 55.6 Å². The Hall–Kier alpha value is -2.88. The molecule has 43 heavy (non-hydrogen) atoms. The van der Waals surface area contributed by atoms with E-state index < -0.39 is 8.41 Å². The van der Waals surface area contributed by atoms with E-state index in [0.29, 0.717) is 19.4 Å². The van der Waals surface area contributed by atoms with Crippen LogP contribution in [0.3, 0.4) is 0 Å². The summed E-state index contributed by atoms with van der Waals surface area (Å²) in [7, 11) is -2.98. The topological polar surface area (TPSA) is 80.5 Å². The number of rotatable bonds is 11. The Morgan fingerprint density at radius 3 is 2.49 bits per heavy atom. The van der Waals surface area contributed by atoms with Crippen LogP contribution >= 0.6 is 0 Å². The molecule has 0 saturated carbocycles.